The Morgan fingerprint density at radius 3 is 2.40 bits per heavy atom. The van der Waals surface area contributed by atoms with Crippen LogP contribution in [0.1, 0.15) is 6.42 Å². The molecular formula is C5H7F3O2. The number of methoxy groups -OCH3 is 1. The molecule has 0 radical (unpaired) electrons. The molecule has 0 aromatic heterocycles. The number of alkyl halides is 3. The molecule has 1 saturated heterocycles. The van der Waals surface area contributed by atoms with Crippen molar-refractivity contribution in [2.45, 2.75) is 25.0 Å². The minimum absolute atomic E-state index is 0.637. The zero-order chi connectivity index (χ0) is 7.78. The van der Waals surface area contributed by atoms with Crippen molar-refractivity contribution >= 4 is 0 Å². The first-order valence-electron chi connectivity index (χ1n) is 2.78. The third-order valence-electron chi connectivity index (χ3n) is 1.20. The molecule has 0 aromatic carbocycles. The predicted octanol–water partition coefficient (Wildman–Crippen LogP) is 1.31. The minimum atomic E-state index is -4.14. The van der Waals surface area contributed by atoms with E-state index in [1.165, 1.54) is 7.11 Å². The summed E-state index contributed by atoms with van der Waals surface area (Å²) >= 11 is 0. The number of epoxide rings is 1. The maximum absolute atomic E-state index is 11.5. The molecule has 2 atom stereocenters. The first-order chi connectivity index (χ1) is 4.53. The molecule has 0 saturated carbocycles. The van der Waals surface area contributed by atoms with Gasteiger partial charge in [0.2, 0.25) is 0 Å². The van der Waals surface area contributed by atoms with Crippen LogP contribution < -0.4 is 0 Å². The number of rotatable bonds is 2. The summed E-state index contributed by atoms with van der Waals surface area (Å²) in [6.07, 6.45) is -6.46. The van der Waals surface area contributed by atoms with Crippen molar-refractivity contribution in [3.05, 3.63) is 0 Å². The SMILES string of the molecule is COC1OC1CC(F)(F)F. The van der Waals surface area contributed by atoms with Gasteiger partial charge in [-0.15, -0.1) is 0 Å². The van der Waals surface area contributed by atoms with Crippen LogP contribution >= 0.6 is 0 Å². The smallest absolute Gasteiger partial charge is 0.353 e. The van der Waals surface area contributed by atoms with E-state index < -0.39 is 25.0 Å². The Hall–Kier alpha value is -0.290. The number of hydrogen-bond acceptors (Lipinski definition) is 2. The second-order valence-electron chi connectivity index (χ2n) is 2.10. The zero-order valence-corrected chi connectivity index (χ0v) is 5.31. The molecule has 1 fully saturated rings. The molecule has 0 aromatic rings. The third-order valence-corrected chi connectivity index (χ3v) is 1.20. The Morgan fingerprint density at radius 1 is 1.50 bits per heavy atom. The van der Waals surface area contributed by atoms with Crippen LogP contribution in [0.4, 0.5) is 13.2 Å². The molecule has 2 nitrogen and oxygen atoms in total. The fourth-order valence-electron chi connectivity index (χ4n) is 0.707. The maximum atomic E-state index is 11.5. The normalized spacial score (nSPS) is 32.4. The van der Waals surface area contributed by atoms with E-state index >= 15 is 0 Å². The van der Waals surface area contributed by atoms with Gasteiger partial charge < -0.3 is 9.47 Å². The lowest BCUT2D eigenvalue weighted by molar-refractivity contribution is -0.138. The van der Waals surface area contributed by atoms with Crippen LogP contribution in [-0.2, 0) is 9.47 Å². The molecule has 5 heteroatoms. The topological polar surface area (TPSA) is 21.8 Å². The highest BCUT2D eigenvalue weighted by atomic mass is 19.4. The van der Waals surface area contributed by atoms with Gasteiger partial charge in [0.1, 0.15) is 6.10 Å². The van der Waals surface area contributed by atoms with Crippen LogP contribution in [0.15, 0.2) is 0 Å². The average molecular weight is 156 g/mol. The van der Waals surface area contributed by atoms with Crippen LogP contribution in [-0.4, -0.2) is 25.7 Å². The highest BCUT2D eigenvalue weighted by Gasteiger charge is 2.47. The summed E-state index contributed by atoms with van der Waals surface area (Å²) in [5, 5.41) is 0. The monoisotopic (exact) mass is 156 g/mol. The molecule has 0 amide bonds. The summed E-state index contributed by atoms with van der Waals surface area (Å²) in [5.41, 5.74) is 0. The predicted molar refractivity (Wildman–Crippen MR) is 26.3 cm³/mol. The van der Waals surface area contributed by atoms with Gasteiger partial charge in [0, 0.05) is 7.11 Å². The molecule has 60 valence electrons. The molecule has 2 unspecified atom stereocenters. The van der Waals surface area contributed by atoms with Gasteiger partial charge in [-0.25, -0.2) is 0 Å². The summed E-state index contributed by atoms with van der Waals surface area (Å²) in [4.78, 5) is 0. The maximum Gasteiger partial charge on any atom is 0.391 e. The van der Waals surface area contributed by atoms with Crippen molar-refractivity contribution in [3.8, 4) is 0 Å². The van der Waals surface area contributed by atoms with E-state index in [2.05, 4.69) is 9.47 Å². The van der Waals surface area contributed by atoms with Crippen LogP contribution in [0.3, 0.4) is 0 Å². The molecule has 1 aliphatic heterocycles. The standard InChI is InChI=1S/C5H7F3O2/c1-9-4-3(10-4)2-5(6,7)8/h3-4H,2H2,1H3. The fourth-order valence-corrected chi connectivity index (χ4v) is 0.707. The summed E-state index contributed by atoms with van der Waals surface area (Å²) in [6.45, 7) is 0. The minimum Gasteiger partial charge on any atom is -0.353 e. The van der Waals surface area contributed by atoms with Crippen molar-refractivity contribution in [1.29, 1.82) is 0 Å². The van der Waals surface area contributed by atoms with Crippen molar-refractivity contribution in [1.82, 2.24) is 0 Å². The summed E-state index contributed by atoms with van der Waals surface area (Å²) in [5.74, 6) is 0. The van der Waals surface area contributed by atoms with E-state index in [0.29, 0.717) is 0 Å². The molecule has 0 bridgehead atoms. The molecule has 1 heterocycles. The average Bonchev–Trinajstić information content (AvgIpc) is 2.42. The third kappa shape index (κ3) is 2.15. The van der Waals surface area contributed by atoms with E-state index in [1.54, 1.807) is 0 Å². The van der Waals surface area contributed by atoms with E-state index in [-0.39, 0.29) is 0 Å². The molecule has 1 rings (SSSR count). The van der Waals surface area contributed by atoms with Gasteiger partial charge in [-0.1, -0.05) is 0 Å². The zero-order valence-electron chi connectivity index (χ0n) is 5.31. The van der Waals surface area contributed by atoms with Crippen LogP contribution in [0, 0.1) is 0 Å². The molecule has 0 aliphatic carbocycles. The first kappa shape index (κ1) is 7.81. The lowest BCUT2D eigenvalue weighted by Crippen LogP contribution is -2.12. The molecule has 0 spiro atoms. The van der Waals surface area contributed by atoms with E-state index in [0.717, 1.165) is 0 Å². The highest BCUT2D eigenvalue weighted by molar-refractivity contribution is 4.79. The number of ether oxygens (including phenoxy) is 2. The lowest BCUT2D eigenvalue weighted by Gasteiger charge is -2.00. The summed E-state index contributed by atoms with van der Waals surface area (Å²) < 4.78 is 43.6. The van der Waals surface area contributed by atoms with Crippen LogP contribution in [0.25, 0.3) is 0 Å². The van der Waals surface area contributed by atoms with Gasteiger partial charge in [0.05, 0.1) is 6.42 Å². The van der Waals surface area contributed by atoms with Crippen LogP contribution in [0.2, 0.25) is 0 Å². The van der Waals surface area contributed by atoms with Crippen molar-refractivity contribution in [3.63, 3.8) is 0 Å². The summed E-state index contributed by atoms with van der Waals surface area (Å²) in [7, 11) is 1.32. The van der Waals surface area contributed by atoms with Gasteiger partial charge in [0.15, 0.2) is 6.29 Å². The van der Waals surface area contributed by atoms with E-state index in [9.17, 15) is 13.2 Å². The van der Waals surface area contributed by atoms with Gasteiger partial charge in [0.25, 0.3) is 0 Å². The van der Waals surface area contributed by atoms with E-state index in [1.807, 2.05) is 0 Å². The van der Waals surface area contributed by atoms with Crippen molar-refractivity contribution in [2.24, 2.45) is 0 Å². The number of hydrogen-bond donors (Lipinski definition) is 0. The summed E-state index contributed by atoms with van der Waals surface area (Å²) in [6, 6.07) is 0. The van der Waals surface area contributed by atoms with Crippen molar-refractivity contribution < 1.29 is 22.6 Å². The Bertz CT molecular complexity index is 123. The molecule has 1 aliphatic rings. The lowest BCUT2D eigenvalue weighted by atomic mass is 10.3. The Labute approximate surface area is 55.9 Å². The molecule has 0 N–H and O–H groups in total. The van der Waals surface area contributed by atoms with Crippen molar-refractivity contribution in [2.75, 3.05) is 7.11 Å². The second-order valence-corrected chi connectivity index (χ2v) is 2.10. The van der Waals surface area contributed by atoms with Gasteiger partial charge in [-0.3, -0.25) is 0 Å². The fraction of sp³-hybridized carbons (Fsp3) is 1.00. The number of halogens is 3. The van der Waals surface area contributed by atoms with Crippen LogP contribution in [0.5, 0.6) is 0 Å². The Kier molecular flexibility index (Phi) is 1.87. The molecular weight excluding hydrogens is 149 g/mol. The van der Waals surface area contributed by atoms with E-state index in [4.69, 9.17) is 0 Å². The quantitative estimate of drug-likeness (QED) is 0.562. The van der Waals surface area contributed by atoms with Gasteiger partial charge in [-0.05, 0) is 0 Å². The largest absolute Gasteiger partial charge is 0.391 e. The highest BCUT2D eigenvalue weighted by Crippen LogP contribution is 2.33. The van der Waals surface area contributed by atoms with Gasteiger partial charge in [-0.2, -0.15) is 13.2 Å². The first-order valence-corrected chi connectivity index (χ1v) is 2.78. The second kappa shape index (κ2) is 2.39. The Morgan fingerprint density at radius 2 is 2.10 bits per heavy atom. The Balaban J connectivity index is 2.18. The molecule has 10 heavy (non-hydrogen) atoms. The van der Waals surface area contributed by atoms with Gasteiger partial charge >= 0.3 is 6.18 Å².